The molecule has 13 nitrogen and oxygen atoms in total. The molecule has 1 heterocycles. The highest BCUT2D eigenvalue weighted by Crippen LogP contribution is 2.26. The summed E-state index contributed by atoms with van der Waals surface area (Å²) >= 11 is 7.38. The van der Waals surface area contributed by atoms with Crippen molar-refractivity contribution in [1.82, 2.24) is 20.2 Å². The number of hydrogen-bond donors (Lipinski definition) is 4. The molecule has 0 saturated heterocycles. The van der Waals surface area contributed by atoms with Crippen molar-refractivity contribution in [3.05, 3.63) is 70.5 Å². The molecule has 262 valence electrons. The Morgan fingerprint density at radius 1 is 0.918 bits per heavy atom. The number of halogens is 1. The number of aliphatic carboxylic acids is 1. The van der Waals surface area contributed by atoms with Gasteiger partial charge in [-0.2, -0.15) is 0 Å². The highest BCUT2D eigenvalue weighted by Gasteiger charge is 2.25. The predicted octanol–water partition coefficient (Wildman–Crippen LogP) is 4.96. The maximum Gasteiger partial charge on any atom is 0.326 e. The van der Waals surface area contributed by atoms with Gasteiger partial charge in [0, 0.05) is 56.8 Å². The lowest BCUT2D eigenvalue weighted by Crippen LogP contribution is -2.44. The van der Waals surface area contributed by atoms with Gasteiger partial charge in [0.05, 0.1) is 22.5 Å². The molecule has 3 aromatic rings. The Hall–Kier alpha value is -4.69. The van der Waals surface area contributed by atoms with Crippen LogP contribution in [-0.4, -0.2) is 87.0 Å². The average Bonchev–Trinajstić information content (AvgIpc) is 3.03. The van der Waals surface area contributed by atoms with Crippen LogP contribution < -0.4 is 20.9 Å². The third-order valence-corrected chi connectivity index (χ3v) is 8.34. The summed E-state index contributed by atoms with van der Waals surface area (Å²) in [6.07, 6.45) is 3.07. The van der Waals surface area contributed by atoms with Crippen LogP contribution in [0, 0.1) is 0 Å². The SMILES string of the molecule is CSc1ncc(Cl)c(C(=O)Nc2ccc(CC(NC(=O)c3cc(N(CCN(C(C)=O)C(C)C)C(C)C)ccc3NC(C)=O)C(=O)O)cc2)n1. The van der Waals surface area contributed by atoms with E-state index in [0.29, 0.717) is 35.2 Å². The Bertz CT molecular complexity index is 1690. The summed E-state index contributed by atoms with van der Waals surface area (Å²) in [5.74, 6) is -2.92. The minimum atomic E-state index is -1.32. The van der Waals surface area contributed by atoms with Crippen molar-refractivity contribution < 1.29 is 29.1 Å². The summed E-state index contributed by atoms with van der Waals surface area (Å²) in [7, 11) is 0. The molecule has 0 aliphatic carbocycles. The number of hydrogen-bond acceptors (Lipinski definition) is 9. The van der Waals surface area contributed by atoms with Gasteiger partial charge >= 0.3 is 5.97 Å². The van der Waals surface area contributed by atoms with E-state index in [1.807, 2.05) is 32.6 Å². The molecule has 0 spiro atoms. The first-order valence-electron chi connectivity index (χ1n) is 15.6. The molecule has 0 aliphatic rings. The number of carboxylic acid groups (broad SMARTS) is 1. The van der Waals surface area contributed by atoms with Crippen LogP contribution in [0.3, 0.4) is 0 Å². The molecule has 15 heteroatoms. The average molecular weight is 712 g/mol. The van der Waals surface area contributed by atoms with Crippen LogP contribution in [0.4, 0.5) is 17.1 Å². The van der Waals surface area contributed by atoms with E-state index in [9.17, 15) is 29.1 Å². The van der Waals surface area contributed by atoms with E-state index in [1.54, 1.807) is 53.6 Å². The quantitative estimate of drug-likeness (QED) is 0.125. The zero-order valence-corrected chi connectivity index (χ0v) is 30.1. The van der Waals surface area contributed by atoms with Gasteiger partial charge in [-0.3, -0.25) is 19.2 Å². The molecule has 1 atom stereocenters. The van der Waals surface area contributed by atoms with Crippen molar-refractivity contribution in [2.24, 2.45) is 0 Å². The van der Waals surface area contributed by atoms with Crippen LogP contribution in [0.15, 0.2) is 53.8 Å². The summed E-state index contributed by atoms with van der Waals surface area (Å²) < 4.78 is 0. The van der Waals surface area contributed by atoms with Crippen LogP contribution in [0.5, 0.6) is 0 Å². The highest BCUT2D eigenvalue weighted by molar-refractivity contribution is 7.98. The Kier molecular flexibility index (Phi) is 13.9. The second-order valence-corrected chi connectivity index (χ2v) is 13.0. The van der Waals surface area contributed by atoms with E-state index in [2.05, 4.69) is 25.9 Å². The summed E-state index contributed by atoms with van der Waals surface area (Å²) in [6, 6.07) is 10.1. The molecule has 1 unspecified atom stereocenters. The Labute approximate surface area is 295 Å². The third-order valence-electron chi connectivity index (χ3n) is 7.50. The van der Waals surface area contributed by atoms with E-state index in [0.717, 1.165) is 0 Å². The highest BCUT2D eigenvalue weighted by atomic mass is 35.5. The fourth-order valence-electron chi connectivity index (χ4n) is 5.07. The number of nitrogens with zero attached hydrogens (tertiary/aromatic N) is 4. The van der Waals surface area contributed by atoms with Crippen molar-refractivity contribution in [2.75, 3.05) is 34.9 Å². The number of amides is 4. The lowest BCUT2D eigenvalue weighted by molar-refractivity contribution is -0.139. The number of carbonyl (C=O) groups is 5. The summed E-state index contributed by atoms with van der Waals surface area (Å²) in [6.45, 7) is 11.6. The number of carboxylic acids is 1. The molecule has 49 heavy (non-hydrogen) atoms. The second-order valence-electron chi connectivity index (χ2n) is 11.8. The van der Waals surface area contributed by atoms with Gasteiger partial charge in [0.1, 0.15) is 6.04 Å². The van der Waals surface area contributed by atoms with Gasteiger partial charge < -0.3 is 30.9 Å². The molecule has 0 aliphatic heterocycles. The van der Waals surface area contributed by atoms with Crippen LogP contribution in [-0.2, 0) is 20.8 Å². The predicted molar refractivity (Wildman–Crippen MR) is 192 cm³/mol. The number of aromatic nitrogens is 2. The number of rotatable bonds is 15. The van der Waals surface area contributed by atoms with Crippen molar-refractivity contribution >= 4 is 70.0 Å². The fourth-order valence-corrected chi connectivity index (χ4v) is 5.59. The Morgan fingerprint density at radius 3 is 2.14 bits per heavy atom. The van der Waals surface area contributed by atoms with Gasteiger partial charge in [0.25, 0.3) is 11.8 Å². The molecule has 3 rings (SSSR count). The number of benzene rings is 2. The van der Waals surface area contributed by atoms with Gasteiger partial charge in [-0.25, -0.2) is 14.8 Å². The molecular weight excluding hydrogens is 670 g/mol. The minimum Gasteiger partial charge on any atom is -0.480 e. The summed E-state index contributed by atoms with van der Waals surface area (Å²) in [5, 5.41) is 18.5. The van der Waals surface area contributed by atoms with Crippen LogP contribution in [0.2, 0.25) is 5.02 Å². The Morgan fingerprint density at radius 2 is 1.59 bits per heavy atom. The molecule has 0 saturated carbocycles. The Balaban J connectivity index is 1.81. The maximum absolute atomic E-state index is 13.7. The van der Waals surface area contributed by atoms with E-state index in [1.165, 1.54) is 31.8 Å². The lowest BCUT2D eigenvalue weighted by Gasteiger charge is -2.33. The fraction of sp³-hybridized carbons (Fsp3) is 0.382. The molecule has 0 radical (unpaired) electrons. The maximum atomic E-state index is 13.7. The second kappa shape index (κ2) is 17.6. The third kappa shape index (κ3) is 10.9. The molecule has 0 bridgehead atoms. The first-order valence-corrected chi connectivity index (χ1v) is 17.2. The molecule has 4 N–H and O–H groups in total. The number of thioether (sulfide) groups is 1. The van der Waals surface area contributed by atoms with Crippen molar-refractivity contribution in [2.45, 2.75) is 71.2 Å². The van der Waals surface area contributed by atoms with Crippen molar-refractivity contribution in [3.8, 4) is 0 Å². The van der Waals surface area contributed by atoms with Gasteiger partial charge in [-0.15, -0.1) is 0 Å². The van der Waals surface area contributed by atoms with Gasteiger partial charge in [0.2, 0.25) is 11.8 Å². The summed E-state index contributed by atoms with van der Waals surface area (Å²) in [4.78, 5) is 74.8. The zero-order chi connectivity index (χ0) is 36.4. The molecule has 1 aromatic heterocycles. The first kappa shape index (κ1) is 38.8. The number of nitrogens with one attached hydrogen (secondary N) is 3. The van der Waals surface area contributed by atoms with Crippen LogP contribution >= 0.6 is 23.4 Å². The van der Waals surface area contributed by atoms with Crippen LogP contribution in [0.25, 0.3) is 0 Å². The smallest absolute Gasteiger partial charge is 0.326 e. The monoisotopic (exact) mass is 711 g/mol. The van der Waals surface area contributed by atoms with E-state index >= 15 is 0 Å². The van der Waals surface area contributed by atoms with Crippen LogP contribution in [0.1, 0.15) is 68.0 Å². The lowest BCUT2D eigenvalue weighted by atomic mass is 10.0. The van der Waals surface area contributed by atoms with E-state index < -0.39 is 29.7 Å². The van der Waals surface area contributed by atoms with Gasteiger partial charge in [0.15, 0.2) is 10.9 Å². The van der Waals surface area contributed by atoms with E-state index in [4.69, 9.17) is 11.6 Å². The van der Waals surface area contributed by atoms with Crippen molar-refractivity contribution in [1.29, 1.82) is 0 Å². The van der Waals surface area contributed by atoms with Gasteiger partial charge in [-0.1, -0.05) is 35.5 Å². The molecular formula is C34H42ClN7O6S. The number of anilines is 3. The number of carbonyl (C=O) groups excluding carboxylic acids is 4. The van der Waals surface area contributed by atoms with Gasteiger partial charge in [-0.05, 0) is 69.8 Å². The summed E-state index contributed by atoms with van der Waals surface area (Å²) in [5.41, 5.74) is 2.00. The normalized spacial score (nSPS) is 11.6. The zero-order valence-electron chi connectivity index (χ0n) is 28.5. The first-order chi connectivity index (χ1) is 23.1. The molecule has 4 amide bonds. The largest absolute Gasteiger partial charge is 0.480 e. The molecule has 0 fully saturated rings. The topological polar surface area (TPSA) is 174 Å². The van der Waals surface area contributed by atoms with E-state index in [-0.39, 0.29) is 46.4 Å². The minimum absolute atomic E-state index is 0.00575. The standard InChI is InChI=1S/C34H42ClN7O6S/c1-19(2)41(22(6)44)14-15-42(20(3)4)25-12-13-28(37-21(5)43)26(17-25)31(45)39-29(33(47)48)16-23-8-10-24(11-9-23)38-32(46)30-27(35)18-36-34(40-30)49-7/h8-13,17-20,29H,14-16H2,1-7H3,(H,37,43)(H,38,46)(H,39,45)(H,47,48). The van der Waals surface area contributed by atoms with Crippen molar-refractivity contribution in [3.63, 3.8) is 0 Å². The molecule has 2 aromatic carbocycles.